The largest absolute Gasteiger partial charge is 0.318 e. The Bertz CT molecular complexity index is 1090. The lowest BCUT2D eigenvalue weighted by Crippen LogP contribution is -2.36. The lowest BCUT2D eigenvalue weighted by Gasteiger charge is -2.39. The first-order valence-corrected chi connectivity index (χ1v) is 13.5. The highest BCUT2D eigenvalue weighted by atomic mass is 31.2. The van der Waals surface area contributed by atoms with Crippen molar-refractivity contribution in [2.45, 2.75) is 53.1 Å². The van der Waals surface area contributed by atoms with Gasteiger partial charge < -0.3 is 4.52 Å². The number of hydrogen-bond donors (Lipinski definition) is 0. The molecule has 1 aliphatic carbocycles. The third-order valence-electron chi connectivity index (χ3n) is 7.00. The van der Waals surface area contributed by atoms with Crippen LogP contribution in [0.25, 0.3) is 11.1 Å². The molecule has 0 spiro atoms. The van der Waals surface area contributed by atoms with E-state index in [4.69, 9.17) is 4.52 Å². The molecule has 0 aromatic heterocycles. The van der Waals surface area contributed by atoms with Crippen LogP contribution in [0.15, 0.2) is 78.9 Å². The molecule has 1 aliphatic rings. The van der Waals surface area contributed by atoms with Crippen LogP contribution in [0.2, 0.25) is 0 Å². The number of rotatable bonds is 6. The predicted octanol–water partition coefficient (Wildman–Crippen LogP) is 7.37. The van der Waals surface area contributed by atoms with Gasteiger partial charge in [0.1, 0.15) is 0 Å². The van der Waals surface area contributed by atoms with E-state index in [1.54, 1.807) is 0 Å². The van der Waals surface area contributed by atoms with Crippen molar-refractivity contribution in [1.82, 2.24) is 0 Å². The molecule has 4 atom stereocenters. The van der Waals surface area contributed by atoms with E-state index < -0.39 is 7.37 Å². The molecule has 0 N–H and O–H groups in total. The van der Waals surface area contributed by atoms with Crippen molar-refractivity contribution in [2.24, 2.45) is 17.8 Å². The van der Waals surface area contributed by atoms with Crippen LogP contribution in [-0.2, 0) is 9.09 Å². The first-order valence-electron chi connectivity index (χ1n) is 11.9. The monoisotopic (exact) mass is 446 g/mol. The molecule has 3 aromatic rings. The van der Waals surface area contributed by atoms with Gasteiger partial charge in [-0.15, -0.1) is 0 Å². The number of benzene rings is 3. The van der Waals surface area contributed by atoms with Gasteiger partial charge in [0.2, 0.25) is 0 Å². The Morgan fingerprint density at radius 1 is 0.844 bits per heavy atom. The van der Waals surface area contributed by atoms with Crippen molar-refractivity contribution in [3.8, 4) is 11.1 Å². The molecule has 0 heterocycles. The standard InChI is InChI=1S/C29H35O2P/c1-21(2)25-19-18-22(3)20-28(25)31-32(30,24-13-6-5-7-14-24)29-17-11-10-16-27(29)26-15-9-8-12-23(26)4/h5-17,21-22,25,28H,18-20H2,1-4H3/t22-,25+,28-,32?/m1/s1. The predicted molar refractivity (Wildman–Crippen MR) is 136 cm³/mol. The van der Waals surface area contributed by atoms with Gasteiger partial charge in [-0.2, -0.15) is 0 Å². The highest BCUT2D eigenvalue weighted by Crippen LogP contribution is 2.52. The Balaban J connectivity index is 1.87. The van der Waals surface area contributed by atoms with Gasteiger partial charge in [-0.25, -0.2) is 0 Å². The summed E-state index contributed by atoms with van der Waals surface area (Å²) in [5, 5.41) is 1.59. The topological polar surface area (TPSA) is 26.3 Å². The zero-order chi connectivity index (χ0) is 22.7. The highest BCUT2D eigenvalue weighted by molar-refractivity contribution is 7.74. The molecule has 1 unspecified atom stereocenters. The van der Waals surface area contributed by atoms with Gasteiger partial charge in [0.15, 0.2) is 0 Å². The minimum atomic E-state index is -3.32. The lowest BCUT2D eigenvalue weighted by atomic mass is 9.75. The average molecular weight is 447 g/mol. The Morgan fingerprint density at radius 3 is 2.16 bits per heavy atom. The summed E-state index contributed by atoms with van der Waals surface area (Å²) in [5.41, 5.74) is 3.29. The molecule has 0 bridgehead atoms. The van der Waals surface area contributed by atoms with Crippen molar-refractivity contribution in [2.75, 3.05) is 0 Å². The average Bonchev–Trinajstić information content (AvgIpc) is 2.80. The molecule has 3 aromatic carbocycles. The summed E-state index contributed by atoms with van der Waals surface area (Å²) >= 11 is 0. The molecule has 1 saturated carbocycles. The van der Waals surface area contributed by atoms with Gasteiger partial charge in [-0.3, -0.25) is 4.57 Å². The van der Waals surface area contributed by atoms with Gasteiger partial charge in [-0.1, -0.05) is 87.9 Å². The summed E-state index contributed by atoms with van der Waals surface area (Å²) in [6.45, 7) is 8.94. The molecule has 0 aliphatic heterocycles. The SMILES string of the molecule is Cc1ccccc1-c1ccccc1P(=O)(O[C@@H]1C[C@H](C)CC[C@H]1C(C)C)c1ccccc1. The van der Waals surface area contributed by atoms with Crippen molar-refractivity contribution in [3.05, 3.63) is 84.4 Å². The molecular formula is C29H35O2P. The van der Waals surface area contributed by atoms with Gasteiger partial charge in [0, 0.05) is 10.6 Å². The Labute approximate surface area is 193 Å². The van der Waals surface area contributed by atoms with Crippen LogP contribution in [0.3, 0.4) is 0 Å². The maximum Gasteiger partial charge on any atom is 0.262 e. The molecule has 3 heteroatoms. The van der Waals surface area contributed by atoms with E-state index in [2.05, 4.69) is 45.9 Å². The summed E-state index contributed by atoms with van der Waals surface area (Å²) in [7, 11) is -3.32. The van der Waals surface area contributed by atoms with Crippen LogP contribution in [0.1, 0.15) is 45.6 Å². The Hall–Kier alpha value is -2.15. The van der Waals surface area contributed by atoms with Crippen LogP contribution in [0.5, 0.6) is 0 Å². The Morgan fingerprint density at radius 2 is 1.47 bits per heavy atom. The second-order valence-electron chi connectivity index (χ2n) is 9.69. The van der Waals surface area contributed by atoms with Gasteiger partial charge in [0.05, 0.1) is 6.10 Å². The summed E-state index contributed by atoms with van der Waals surface area (Å²) in [6, 6.07) is 26.2. The van der Waals surface area contributed by atoms with E-state index in [1.165, 1.54) is 12.0 Å². The summed E-state index contributed by atoms with van der Waals surface area (Å²) in [6.07, 6.45) is 3.32. The first kappa shape index (κ1) is 23.0. The van der Waals surface area contributed by atoms with Crippen molar-refractivity contribution in [3.63, 3.8) is 0 Å². The van der Waals surface area contributed by atoms with Crippen molar-refractivity contribution >= 4 is 18.0 Å². The second-order valence-corrected chi connectivity index (χ2v) is 12.0. The maximum atomic E-state index is 15.0. The molecule has 4 rings (SSSR count). The minimum Gasteiger partial charge on any atom is -0.318 e. The van der Waals surface area contributed by atoms with Crippen LogP contribution >= 0.6 is 7.37 Å². The van der Waals surface area contributed by atoms with Gasteiger partial charge in [0.25, 0.3) is 7.37 Å². The van der Waals surface area contributed by atoms with E-state index in [0.29, 0.717) is 17.8 Å². The normalized spacial score (nSPS) is 23.1. The molecule has 0 amide bonds. The number of aryl methyl sites for hydroxylation is 1. The molecule has 32 heavy (non-hydrogen) atoms. The molecule has 2 nitrogen and oxygen atoms in total. The molecule has 0 radical (unpaired) electrons. The van der Waals surface area contributed by atoms with Crippen LogP contribution < -0.4 is 10.6 Å². The first-order chi connectivity index (χ1) is 15.4. The fourth-order valence-electron chi connectivity index (χ4n) is 5.14. The molecule has 0 saturated heterocycles. The Kier molecular flexibility index (Phi) is 7.03. The van der Waals surface area contributed by atoms with E-state index in [9.17, 15) is 0 Å². The maximum absolute atomic E-state index is 15.0. The van der Waals surface area contributed by atoms with Gasteiger partial charge >= 0.3 is 0 Å². The summed E-state index contributed by atoms with van der Waals surface area (Å²) in [5.74, 6) is 1.52. The van der Waals surface area contributed by atoms with Crippen LogP contribution in [0, 0.1) is 24.7 Å². The molecular weight excluding hydrogens is 411 g/mol. The summed E-state index contributed by atoms with van der Waals surface area (Å²) in [4.78, 5) is 0. The van der Waals surface area contributed by atoms with Crippen LogP contribution in [0.4, 0.5) is 0 Å². The highest BCUT2D eigenvalue weighted by Gasteiger charge is 2.40. The van der Waals surface area contributed by atoms with E-state index in [-0.39, 0.29) is 6.10 Å². The van der Waals surface area contributed by atoms with Crippen molar-refractivity contribution in [1.29, 1.82) is 0 Å². The molecule has 168 valence electrons. The zero-order valence-corrected chi connectivity index (χ0v) is 20.6. The fourth-order valence-corrected chi connectivity index (χ4v) is 7.64. The zero-order valence-electron chi connectivity index (χ0n) is 19.7. The quantitative estimate of drug-likeness (QED) is 0.370. The van der Waals surface area contributed by atoms with E-state index in [1.807, 2.05) is 60.7 Å². The van der Waals surface area contributed by atoms with Crippen molar-refractivity contribution < 1.29 is 9.09 Å². The third kappa shape index (κ3) is 4.63. The fraction of sp³-hybridized carbons (Fsp3) is 0.379. The minimum absolute atomic E-state index is 0.00489. The third-order valence-corrected chi connectivity index (χ3v) is 9.57. The smallest absolute Gasteiger partial charge is 0.262 e. The number of hydrogen-bond acceptors (Lipinski definition) is 2. The lowest BCUT2D eigenvalue weighted by molar-refractivity contribution is 0.0514. The second kappa shape index (κ2) is 9.77. The van der Waals surface area contributed by atoms with E-state index >= 15 is 4.57 Å². The van der Waals surface area contributed by atoms with Crippen LogP contribution in [-0.4, -0.2) is 6.10 Å². The van der Waals surface area contributed by atoms with E-state index in [0.717, 1.165) is 34.6 Å². The summed E-state index contributed by atoms with van der Waals surface area (Å²) < 4.78 is 21.9. The molecule has 1 fully saturated rings. The van der Waals surface area contributed by atoms with Gasteiger partial charge in [-0.05, 0) is 72.4 Å².